The van der Waals surface area contributed by atoms with Crippen LogP contribution in [0.5, 0.6) is 0 Å². The van der Waals surface area contributed by atoms with Gasteiger partial charge in [-0.2, -0.15) is 0 Å². The van der Waals surface area contributed by atoms with Gasteiger partial charge in [-0.1, -0.05) is 32.9 Å². The molecule has 2 heteroatoms. The van der Waals surface area contributed by atoms with Crippen molar-refractivity contribution in [3.05, 3.63) is 23.5 Å². The zero-order valence-electron chi connectivity index (χ0n) is 8.41. The summed E-state index contributed by atoms with van der Waals surface area (Å²) in [7, 11) is 0. The molecule has 0 bridgehead atoms. The average Bonchev–Trinajstić information content (AvgIpc) is 2.04. The third-order valence-corrected chi connectivity index (χ3v) is 2.25. The van der Waals surface area contributed by atoms with E-state index in [1.165, 1.54) is 0 Å². The van der Waals surface area contributed by atoms with Crippen LogP contribution in [0.4, 0.5) is 0 Å². The maximum absolute atomic E-state index is 10.3. The van der Waals surface area contributed by atoms with E-state index in [1.54, 1.807) is 0 Å². The van der Waals surface area contributed by atoms with Crippen molar-refractivity contribution in [1.29, 1.82) is 0 Å². The molecule has 0 fully saturated rings. The molecular formula is C11H16O2. The van der Waals surface area contributed by atoms with Crippen LogP contribution in [0.25, 0.3) is 0 Å². The van der Waals surface area contributed by atoms with Gasteiger partial charge < -0.3 is 4.74 Å². The largest absolute Gasteiger partial charge is 0.433 e. The summed E-state index contributed by atoms with van der Waals surface area (Å²) in [4.78, 5) is 10.3. The van der Waals surface area contributed by atoms with Crippen LogP contribution < -0.4 is 0 Å². The molecule has 1 rings (SSSR count). The fourth-order valence-corrected chi connectivity index (χ4v) is 1.53. The van der Waals surface area contributed by atoms with Crippen LogP contribution in [0.15, 0.2) is 23.5 Å². The van der Waals surface area contributed by atoms with E-state index in [-0.39, 0.29) is 0 Å². The van der Waals surface area contributed by atoms with Crippen LogP contribution in [0, 0.1) is 11.8 Å². The fourth-order valence-electron chi connectivity index (χ4n) is 1.53. The quantitative estimate of drug-likeness (QED) is 0.624. The van der Waals surface area contributed by atoms with Gasteiger partial charge in [-0.25, -0.2) is 0 Å². The first kappa shape index (κ1) is 10.0. The number of rotatable bonds is 3. The fraction of sp³-hybridized carbons (Fsp3) is 0.545. The van der Waals surface area contributed by atoms with Crippen LogP contribution in [0.2, 0.25) is 0 Å². The van der Waals surface area contributed by atoms with Crippen molar-refractivity contribution in [2.75, 3.05) is 0 Å². The molecular weight excluding hydrogens is 164 g/mol. The Morgan fingerprint density at radius 2 is 2.31 bits per heavy atom. The second-order valence-corrected chi connectivity index (χ2v) is 3.79. The summed E-state index contributed by atoms with van der Waals surface area (Å²) in [6, 6.07) is 0. The molecule has 0 saturated carbocycles. The van der Waals surface area contributed by atoms with Gasteiger partial charge >= 0.3 is 0 Å². The maximum atomic E-state index is 10.3. The van der Waals surface area contributed by atoms with E-state index in [0.717, 1.165) is 17.8 Å². The van der Waals surface area contributed by atoms with E-state index >= 15 is 0 Å². The first-order valence-electron chi connectivity index (χ1n) is 4.66. The van der Waals surface area contributed by atoms with E-state index < -0.39 is 0 Å². The van der Waals surface area contributed by atoms with Gasteiger partial charge in [0.15, 0.2) is 0 Å². The summed E-state index contributed by atoms with van der Waals surface area (Å²) in [6.07, 6.45) is 5.06. The number of hydrogen-bond donors (Lipinski definition) is 0. The molecule has 0 radical (unpaired) electrons. The predicted molar refractivity (Wildman–Crippen MR) is 51.9 cm³/mol. The van der Waals surface area contributed by atoms with Crippen LogP contribution in [0.3, 0.4) is 0 Å². The molecule has 0 saturated heterocycles. The SMILES string of the molecule is CC1C=CC(C(C)C)=C(OC=O)C1. The highest BCUT2D eigenvalue weighted by Gasteiger charge is 2.16. The third kappa shape index (κ3) is 2.44. The van der Waals surface area contributed by atoms with E-state index in [4.69, 9.17) is 4.74 Å². The molecule has 72 valence electrons. The minimum absolute atomic E-state index is 0.415. The minimum Gasteiger partial charge on any atom is -0.433 e. The Kier molecular flexibility index (Phi) is 3.29. The van der Waals surface area contributed by atoms with Gasteiger partial charge in [-0.15, -0.1) is 0 Å². The van der Waals surface area contributed by atoms with Gasteiger partial charge in [0, 0.05) is 6.42 Å². The van der Waals surface area contributed by atoms with E-state index in [0.29, 0.717) is 18.3 Å². The molecule has 0 aliphatic heterocycles. The lowest BCUT2D eigenvalue weighted by atomic mass is 9.91. The van der Waals surface area contributed by atoms with Gasteiger partial charge in [0.1, 0.15) is 5.76 Å². The first-order valence-corrected chi connectivity index (χ1v) is 4.66. The topological polar surface area (TPSA) is 26.3 Å². The van der Waals surface area contributed by atoms with Crippen molar-refractivity contribution in [2.24, 2.45) is 11.8 Å². The number of allylic oxidation sites excluding steroid dienone is 4. The summed E-state index contributed by atoms with van der Waals surface area (Å²) in [6.45, 7) is 6.83. The summed E-state index contributed by atoms with van der Waals surface area (Å²) < 4.78 is 4.97. The highest BCUT2D eigenvalue weighted by Crippen LogP contribution is 2.28. The lowest BCUT2D eigenvalue weighted by Gasteiger charge is -2.20. The Morgan fingerprint density at radius 3 is 2.85 bits per heavy atom. The van der Waals surface area contributed by atoms with E-state index in [1.807, 2.05) is 0 Å². The molecule has 0 heterocycles. The number of hydrogen-bond acceptors (Lipinski definition) is 2. The number of carbonyl (C=O) groups excluding carboxylic acids is 1. The second-order valence-electron chi connectivity index (χ2n) is 3.79. The summed E-state index contributed by atoms with van der Waals surface area (Å²) in [5.41, 5.74) is 1.14. The molecule has 2 nitrogen and oxygen atoms in total. The summed E-state index contributed by atoms with van der Waals surface area (Å²) >= 11 is 0. The van der Waals surface area contributed by atoms with Crippen LogP contribution in [-0.4, -0.2) is 6.47 Å². The highest BCUT2D eigenvalue weighted by molar-refractivity contribution is 5.42. The van der Waals surface area contributed by atoms with Crippen molar-refractivity contribution in [3.63, 3.8) is 0 Å². The van der Waals surface area contributed by atoms with Crippen molar-refractivity contribution < 1.29 is 9.53 Å². The molecule has 0 spiro atoms. The predicted octanol–water partition coefficient (Wildman–Crippen LogP) is 2.67. The van der Waals surface area contributed by atoms with E-state index in [2.05, 4.69) is 32.9 Å². The van der Waals surface area contributed by atoms with Crippen LogP contribution >= 0.6 is 0 Å². The highest BCUT2D eigenvalue weighted by atomic mass is 16.5. The van der Waals surface area contributed by atoms with Crippen molar-refractivity contribution in [1.82, 2.24) is 0 Å². The monoisotopic (exact) mass is 180 g/mol. The van der Waals surface area contributed by atoms with Crippen LogP contribution in [-0.2, 0) is 9.53 Å². The first-order chi connectivity index (χ1) is 6.15. The second kappa shape index (κ2) is 4.26. The molecule has 1 atom stereocenters. The van der Waals surface area contributed by atoms with Gasteiger partial charge in [0.25, 0.3) is 6.47 Å². The standard InChI is InChI=1S/C11H16O2/c1-8(2)10-5-4-9(3)6-11(10)13-7-12/h4-5,7-9H,6H2,1-3H3. The Hall–Kier alpha value is -1.05. The molecule has 0 aromatic carbocycles. The summed E-state index contributed by atoms with van der Waals surface area (Å²) in [5.74, 6) is 1.72. The Balaban J connectivity index is 2.87. The van der Waals surface area contributed by atoms with Gasteiger partial charge in [-0.3, -0.25) is 4.79 Å². The lowest BCUT2D eigenvalue weighted by molar-refractivity contribution is -0.125. The van der Waals surface area contributed by atoms with Gasteiger partial charge in [-0.05, 0) is 17.4 Å². The Bertz CT molecular complexity index is 249. The molecule has 0 aromatic rings. The van der Waals surface area contributed by atoms with Crippen LogP contribution in [0.1, 0.15) is 27.2 Å². The molecule has 0 aromatic heterocycles. The zero-order valence-corrected chi connectivity index (χ0v) is 8.41. The number of carbonyl (C=O) groups is 1. The molecule has 1 aliphatic carbocycles. The maximum Gasteiger partial charge on any atom is 0.298 e. The average molecular weight is 180 g/mol. The lowest BCUT2D eigenvalue weighted by Crippen LogP contribution is -2.08. The molecule has 1 unspecified atom stereocenters. The van der Waals surface area contributed by atoms with Gasteiger partial charge in [0.2, 0.25) is 0 Å². The summed E-state index contributed by atoms with van der Waals surface area (Å²) in [5, 5.41) is 0. The molecule has 13 heavy (non-hydrogen) atoms. The Morgan fingerprint density at radius 1 is 1.62 bits per heavy atom. The normalized spacial score (nSPS) is 22.3. The molecule has 0 N–H and O–H groups in total. The third-order valence-electron chi connectivity index (χ3n) is 2.25. The van der Waals surface area contributed by atoms with E-state index in [9.17, 15) is 4.79 Å². The number of ether oxygens (including phenoxy) is 1. The van der Waals surface area contributed by atoms with Gasteiger partial charge in [0.05, 0.1) is 0 Å². The molecule has 0 amide bonds. The minimum atomic E-state index is 0.415. The smallest absolute Gasteiger partial charge is 0.298 e. The van der Waals surface area contributed by atoms with Crippen molar-refractivity contribution in [2.45, 2.75) is 27.2 Å². The van der Waals surface area contributed by atoms with Crippen molar-refractivity contribution in [3.8, 4) is 0 Å². The molecule has 1 aliphatic rings. The zero-order chi connectivity index (χ0) is 9.84. The Labute approximate surface area is 79.3 Å². The van der Waals surface area contributed by atoms with Crippen molar-refractivity contribution >= 4 is 6.47 Å².